The molecule has 0 atom stereocenters. The molecular formula is C21H17NO4. The molecule has 0 bridgehead atoms. The molecule has 0 amide bonds. The van der Waals surface area contributed by atoms with Gasteiger partial charge in [0.15, 0.2) is 11.3 Å². The molecule has 5 rings (SSSR count). The summed E-state index contributed by atoms with van der Waals surface area (Å²) in [5.74, 6) is 1.04. The van der Waals surface area contributed by atoms with E-state index in [0.29, 0.717) is 28.3 Å². The molecule has 0 N–H and O–H groups in total. The van der Waals surface area contributed by atoms with Crippen LogP contribution in [0.2, 0.25) is 0 Å². The van der Waals surface area contributed by atoms with E-state index in [-0.39, 0.29) is 5.63 Å². The highest BCUT2D eigenvalue weighted by Gasteiger charge is 2.24. The van der Waals surface area contributed by atoms with Gasteiger partial charge < -0.3 is 13.6 Å². The van der Waals surface area contributed by atoms with Gasteiger partial charge in [-0.1, -0.05) is 18.2 Å². The number of aromatic nitrogens is 1. The predicted molar refractivity (Wildman–Crippen MR) is 98.7 cm³/mol. The summed E-state index contributed by atoms with van der Waals surface area (Å²) >= 11 is 0. The Hall–Kier alpha value is -3.08. The smallest absolute Gasteiger partial charge is 0.339 e. The van der Waals surface area contributed by atoms with Crippen LogP contribution < -0.4 is 10.4 Å². The van der Waals surface area contributed by atoms with Crippen LogP contribution in [0.4, 0.5) is 0 Å². The zero-order valence-electron chi connectivity index (χ0n) is 14.4. The topological polar surface area (TPSA) is 65.5 Å². The van der Waals surface area contributed by atoms with Crippen LogP contribution in [0.3, 0.4) is 0 Å². The van der Waals surface area contributed by atoms with Crippen LogP contribution >= 0.6 is 0 Å². The van der Waals surface area contributed by atoms with Crippen molar-refractivity contribution in [3.63, 3.8) is 0 Å². The fourth-order valence-electron chi connectivity index (χ4n) is 3.83. The maximum Gasteiger partial charge on any atom is 0.339 e. The Labute approximate surface area is 149 Å². The maximum absolute atomic E-state index is 12.4. The highest BCUT2D eigenvalue weighted by Crippen LogP contribution is 2.39. The third-order valence-corrected chi connectivity index (χ3v) is 5.06. The molecule has 5 heteroatoms. The van der Waals surface area contributed by atoms with Crippen LogP contribution in [-0.4, -0.2) is 12.1 Å². The van der Waals surface area contributed by atoms with Crippen molar-refractivity contribution < 1.29 is 13.6 Å². The van der Waals surface area contributed by atoms with Crippen LogP contribution in [-0.2, 0) is 12.8 Å². The first-order chi connectivity index (χ1) is 12.8. The second kappa shape index (κ2) is 5.73. The summed E-state index contributed by atoms with van der Waals surface area (Å²) in [5, 5.41) is 0.876. The minimum absolute atomic E-state index is 0.250. The molecule has 0 saturated heterocycles. The Morgan fingerprint density at radius 2 is 1.81 bits per heavy atom. The van der Waals surface area contributed by atoms with E-state index in [1.807, 2.05) is 30.3 Å². The first-order valence-electron chi connectivity index (χ1n) is 8.78. The van der Waals surface area contributed by atoms with Crippen LogP contribution in [0, 0.1) is 0 Å². The van der Waals surface area contributed by atoms with Gasteiger partial charge in [-0.05, 0) is 43.4 Å². The van der Waals surface area contributed by atoms with Crippen molar-refractivity contribution in [2.24, 2.45) is 0 Å². The fraction of sp³-hybridized carbons (Fsp3) is 0.238. The van der Waals surface area contributed by atoms with Gasteiger partial charge in [-0.2, -0.15) is 0 Å². The number of ether oxygens (including phenoxy) is 1. The van der Waals surface area contributed by atoms with Crippen LogP contribution in [0.5, 0.6) is 5.75 Å². The van der Waals surface area contributed by atoms with Crippen LogP contribution in [0.25, 0.3) is 33.5 Å². The number of oxazole rings is 1. The standard InChI is InChI=1S/C21H17NO4/c1-24-16-11-15-17(13-9-5-6-10-14(13)21(23)25-15)18-19(16)26-20(22-18)12-7-3-2-4-8-12/h2-4,7-8,11H,5-6,9-10H2,1H3. The Morgan fingerprint density at radius 3 is 2.58 bits per heavy atom. The van der Waals surface area contributed by atoms with E-state index in [4.69, 9.17) is 18.6 Å². The van der Waals surface area contributed by atoms with E-state index < -0.39 is 0 Å². The molecule has 0 radical (unpaired) electrons. The number of nitrogens with zero attached hydrogens (tertiary/aromatic N) is 1. The molecule has 2 aromatic heterocycles. The van der Waals surface area contributed by atoms with Crippen molar-refractivity contribution in [1.82, 2.24) is 4.98 Å². The molecule has 2 aromatic carbocycles. The molecular weight excluding hydrogens is 330 g/mol. The normalized spacial score (nSPS) is 13.9. The molecule has 130 valence electrons. The molecule has 0 unspecified atom stereocenters. The molecule has 1 aliphatic rings. The van der Waals surface area contributed by atoms with Crippen molar-refractivity contribution >= 4 is 22.1 Å². The third-order valence-electron chi connectivity index (χ3n) is 5.06. The number of rotatable bonds is 2. The Bertz CT molecular complexity index is 1190. The van der Waals surface area contributed by atoms with E-state index in [1.54, 1.807) is 13.2 Å². The van der Waals surface area contributed by atoms with Gasteiger partial charge in [0.05, 0.1) is 12.5 Å². The zero-order chi connectivity index (χ0) is 17.7. The molecule has 5 nitrogen and oxygen atoms in total. The van der Waals surface area contributed by atoms with Crippen molar-refractivity contribution in [2.45, 2.75) is 25.7 Å². The van der Waals surface area contributed by atoms with E-state index >= 15 is 0 Å². The number of aryl methyl sites for hydroxylation is 1. The number of fused-ring (bicyclic) bond motifs is 5. The van der Waals surface area contributed by atoms with Crippen LogP contribution in [0.1, 0.15) is 24.0 Å². The lowest BCUT2D eigenvalue weighted by Crippen LogP contribution is -2.16. The molecule has 0 saturated carbocycles. The first-order valence-corrected chi connectivity index (χ1v) is 8.78. The van der Waals surface area contributed by atoms with Crippen molar-refractivity contribution in [2.75, 3.05) is 7.11 Å². The van der Waals surface area contributed by atoms with E-state index in [2.05, 4.69) is 0 Å². The Morgan fingerprint density at radius 1 is 1.04 bits per heavy atom. The van der Waals surface area contributed by atoms with Gasteiger partial charge in [0.1, 0.15) is 11.1 Å². The SMILES string of the molecule is COc1cc2oc(=O)c3c(c2c2nc(-c4ccccc4)oc12)CCCC3. The molecule has 4 aromatic rings. The minimum Gasteiger partial charge on any atom is -0.493 e. The largest absolute Gasteiger partial charge is 0.493 e. The van der Waals surface area contributed by atoms with Gasteiger partial charge in [-0.15, -0.1) is 0 Å². The maximum atomic E-state index is 12.4. The summed E-state index contributed by atoms with van der Waals surface area (Å²) in [5.41, 5.74) is 4.25. The summed E-state index contributed by atoms with van der Waals surface area (Å²) < 4.78 is 17.1. The molecule has 0 aliphatic heterocycles. The lowest BCUT2D eigenvalue weighted by atomic mass is 9.90. The van der Waals surface area contributed by atoms with E-state index in [9.17, 15) is 4.79 Å². The van der Waals surface area contributed by atoms with Crippen molar-refractivity contribution in [1.29, 1.82) is 0 Å². The Balaban J connectivity index is 1.91. The molecule has 26 heavy (non-hydrogen) atoms. The van der Waals surface area contributed by atoms with Crippen LogP contribution in [0.15, 0.2) is 50.0 Å². The molecule has 2 heterocycles. The van der Waals surface area contributed by atoms with Gasteiger partial charge >= 0.3 is 5.63 Å². The second-order valence-electron chi connectivity index (χ2n) is 6.57. The number of hydrogen-bond acceptors (Lipinski definition) is 5. The first kappa shape index (κ1) is 15.2. The van der Waals surface area contributed by atoms with Gasteiger partial charge in [-0.25, -0.2) is 9.78 Å². The Kier molecular flexibility index (Phi) is 3.35. The quantitative estimate of drug-likeness (QED) is 0.500. The highest BCUT2D eigenvalue weighted by molar-refractivity contribution is 6.06. The van der Waals surface area contributed by atoms with Gasteiger partial charge in [0, 0.05) is 17.2 Å². The fourth-order valence-corrected chi connectivity index (χ4v) is 3.83. The molecule has 1 aliphatic carbocycles. The van der Waals surface area contributed by atoms with Gasteiger partial charge in [0.25, 0.3) is 0 Å². The lowest BCUT2D eigenvalue weighted by Gasteiger charge is -2.16. The summed E-state index contributed by atoms with van der Waals surface area (Å²) in [4.78, 5) is 17.1. The number of benzene rings is 2. The summed E-state index contributed by atoms with van der Waals surface area (Å²) in [6.07, 6.45) is 3.68. The number of methoxy groups -OCH3 is 1. The average Bonchev–Trinajstić information content (AvgIpc) is 3.13. The summed E-state index contributed by atoms with van der Waals surface area (Å²) in [6.45, 7) is 0. The average molecular weight is 347 g/mol. The highest BCUT2D eigenvalue weighted by atomic mass is 16.5. The van der Waals surface area contributed by atoms with Gasteiger partial charge in [-0.3, -0.25) is 0 Å². The second-order valence-corrected chi connectivity index (χ2v) is 6.57. The monoisotopic (exact) mass is 347 g/mol. The van der Waals surface area contributed by atoms with E-state index in [0.717, 1.165) is 47.8 Å². The lowest BCUT2D eigenvalue weighted by molar-refractivity contribution is 0.410. The number of hydrogen-bond donors (Lipinski definition) is 0. The summed E-state index contributed by atoms with van der Waals surface area (Å²) in [6, 6.07) is 11.5. The minimum atomic E-state index is -0.250. The van der Waals surface area contributed by atoms with Crippen molar-refractivity contribution in [3.8, 4) is 17.2 Å². The van der Waals surface area contributed by atoms with E-state index in [1.165, 1.54) is 0 Å². The van der Waals surface area contributed by atoms with Crippen molar-refractivity contribution in [3.05, 3.63) is 57.9 Å². The molecule has 0 fully saturated rings. The molecule has 0 spiro atoms. The zero-order valence-corrected chi connectivity index (χ0v) is 14.4. The predicted octanol–water partition coefficient (Wildman–Crippen LogP) is 4.49. The third kappa shape index (κ3) is 2.17. The summed E-state index contributed by atoms with van der Waals surface area (Å²) in [7, 11) is 1.57. The van der Waals surface area contributed by atoms with Gasteiger partial charge in [0.2, 0.25) is 5.89 Å².